The highest BCUT2D eigenvalue weighted by Gasteiger charge is 2.30. The molecule has 0 aliphatic rings. The van der Waals surface area contributed by atoms with Crippen LogP contribution in [0.4, 0.5) is 18.9 Å². The molecule has 0 spiro atoms. The summed E-state index contributed by atoms with van der Waals surface area (Å²) in [5.41, 5.74) is -0.0472. The molecule has 2 aromatic rings. The first-order chi connectivity index (χ1) is 12.5. The van der Waals surface area contributed by atoms with E-state index in [1.165, 1.54) is 38.1 Å². The number of esters is 1. The summed E-state index contributed by atoms with van der Waals surface area (Å²) in [7, 11) is 0. The third-order valence-electron chi connectivity index (χ3n) is 3.84. The molecular formula is C17H15F3N2O5. The molecular weight excluding hydrogens is 369 g/mol. The largest absolute Gasteiger partial charge is 0.454 e. The van der Waals surface area contributed by atoms with E-state index in [4.69, 9.17) is 4.74 Å². The van der Waals surface area contributed by atoms with Gasteiger partial charge >= 0.3 is 12.1 Å². The van der Waals surface area contributed by atoms with Crippen molar-refractivity contribution in [3.63, 3.8) is 0 Å². The first-order valence-corrected chi connectivity index (χ1v) is 7.68. The SMILES string of the molecule is Cc1cc(C(=O)COC(=O)c2cccc([N+](=O)[O-])c2)c(C)n1CC(F)(F)F. The van der Waals surface area contributed by atoms with Gasteiger partial charge in [-0.15, -0.1) is 0 Å². The molecule has 7 nitrogen and oxygen atoms in total. The minimum atomic E-state index is -4.44. The topological polar surface area (TPSA) is 91.4 Å². The number of aryl methyl sites for hydroxylation is 1. The smallest absolute Gasteiger partial charge is 0.406 e. The Labute approximate surface area is 151 Å². The molecule has 2 rings (SSSR count). The molecule has 1 heterocycles. The Hall–Kier alpha value is -3.17. The van der Waals surface area contributed by atoms with E-state index in [9.17, 15) is 32.9 Å². The van der Waals surface area contributed by atoms with Crippen molar-refractivity contribution in [3.05, 3.63) is 63.0 Å². The van der Waals surface area contributed by atoms with Crippen molar-refractivity contribution < 1.29 is 32.4 Å². The fourth-order valence-electron chi connectivity index (χ4n) is 2.54. The van der Waals surface area contributed by atoms with E-state index < -0.39 is 36.0 Å². The maximum absolute atomic E-state index is 12.6. The number of halogens is 3. The van der Waals surface area contributed by atoms with Crippen LogP contribution in [0.1, 0.15) is 32.1 Å². The lowest BCUT2D eigenvalue weighted by atomic mass is 10.1. The van der Waals surface area contributed by atoms with Crippen LogP contribution in [0, 0.1) is 24.0 Å². The second-order valence-electron chi connectivity index (χ2n) is 5.79. The van der Waals surface area contributed by atoms with Crippen LogP contribution in [0.5, 0.6) is 0 Å². The highest BCUT2D eigenvalue weighted by Crippen LogP contribution is 2.23. The van der Waals surface area contributed by atoms with Crippen LogP contribution in [0.25, 0.3) is 0 Å². The third-order valence-corrected chi connectivity index (χ3v) is 3.84. The summed E-state index contributed by atoms with van der Waals surface area (Å²) in [6.07, 6.45) is -4.44. The predicted octanol–water partition coefficient (Wildman–Crippen LogP) is 3.62. The fourth-order valence-corrected chi connectivity index (χ4v) is 2.54. The minimum absolute atomic E-state index is 0.0172. The lowest BCUT2D eigenvalue weighted by molar-refractivity contribution is -0.384. The summed E-state index contributed by atoms with van der Waals surface area (Å²) in [4.78, 5) is 34.2. The molecule has 0 aliphatic carbocycles. The summed E-state index contributed by atoms with van der Waals surface area (Å²) in [6, 6.07) is 6.07. The Kier molecular flexibility index (Phi) is 5.67. The number of Topliss-reactive ketones (excluding diaryl/α,β-unsaturated/α-hetero) is 1. The third kappa shape index (κ3) is 4.93. The molecule has 0 saturated heterocycles. The van der Waals surface area contributed by atoms with E-state index in [0.717, 1.165) is 10.6 Å². The highest BCUT2D eigenvalue weighted by atomic mass is 19.4. The Morgan fingerprint density at radius 2 is 1.89 bits per heavy atom. The van der Waals surface area contributed by atoms with Crippen molar-refractivity contribution in [3.8, 4) is 0 Å². The summed E-state index contributed by atoms with van der Waals surface area (Å²) >= 11 is 0. The molecule has 0 unspecified atom stereocenters. The number of alkyl halides is 3. The molecule has 0 amide bonds. The molecule has 0 aliphatic heterocycles. The van der Waals surface area contributed by atoms with Gasteiger partial charge in [0.05, 0.1) is 10.5 Å². The van der Waals surface area contributed by atoms with Gasteiger partial charge in [-0.1, -0.05) is 6.07 Å². The fraction of sp³-hybridized carbons (Fsp3) is 0.294. The first-order valence-electron chi connectivity index (χ1n) is 7.68. The predicted molar refractivity (Wildman–Crippen MR) is 87.7 cm³/mol. The molecule has 1 aromatic carbocycles. The molecule has 1 aromatic heterocycles. The van der Waals surface area contributed by atoms with E-state index in [2.05, 4.69) is 0 Å². The number of hydrogen-bond donors (Lipinski definition) is 0. The molecule has 0 N–H and O–H groups in total. The van der Waals surface area contributed by atoms with Gasteiger partial charge in [0.15, 0.2) is 6.61 Å². The summed E-state index contributed by atoms with van der Waals surface area (Å²) < 4.78 is 43.7. The second kappa shape index (κ2) is 7.60. The quantitative estimate of drug-likeness (QED) is 0.328. The number of rotatable bonds is 6. The van der Waals surface area contributed by atoms with Crippen LogP contribution in [-0.2, 0) is 11.3 Å². The number of ketones is 1. The number of ether oxygens (including phenoxy) is 1. The van der Waals surface area contributed by atoms with E-state index >= 15 is 0 Å². The van der Waals surface area contributed by atoms with E-state index in [-0.39, 0.29) is 28.2 Å². The van der Waals surface area contributed by atoms with Crippen molar-refractivity contribution in [2.45, 2.75) is 26.6 Å². The van der Waals surface area contributed by atoms with Crippen molar-refractivity contribution in [2.75, 3.05) is 6.61 Å². The average Bonchev–Trinajstić information content (AvgIpc) is 2.86. The van der Waals surface area contributed by atoms with Gasteiger partial charge < -0.3 is 9.30 Å². The van der Waals surface area contributed by atoms with E-state index in [0.29, 0.717) is 0 Å². The number of hydrogen-bond acceptors (Lipinski definition) is 5. The number of nitrogens with zero attached hydrogens (tertiary/aromatic N) is 2. The number of carbonyl (C=O) groups is 2. The lowest BCUT2D eigenvalue weighted by Crippen LogP contribution is -2.20. The minimum Gasteiger partial charge on any atom is -0.454 e. The van der Waals surface area contributed by atoms with Gasteiger partial charge in [-0.25, -0.2) is 4.79 Å². The second-order valence-corrected chi connectivity index (χ2v) is 5.79. The normalized spacial score (nSPS) is 11.3. The van der Waals surface area contributed by atoms with Gasteiger partial charge in [0, 0.05) is 29.1 Å². The zero-order chi connectivity index (χ0) is 20.4. The van der Waals surface area contributed by atoms with Gasteiger partial charge in [0.25, 0.3) is 5.69 Å². The Morgan fingerprint density at radius 3 is 2.48 bits per heavy atom. The summed E-state index contributed by atoms with van der Waals surface area (Å²) in [5.74, 6) is -1.62. The molecule has 0 saturated carbocycles. The maximum Gasteiger partial charge on any atom is 0.406 e. The number of aromatic nitrogens is 1. The zero-order valence-corrected chi connectivity index (χ0v) is 14.4. The van der Waals surface area contributed by atoms with E-state index in [1.807, 2.05) is 0 Å². The number of benzene rings is 1. The van der Waals surface area contributed by atoms with Crippen molar-refractivity contribution in [1.29, 1.82) is 0 Å². The highest BCUT2D eigenvalue weighted by molar-refractivity contribution is 6.00. The standard InChI is InChI=1S/C17H15F3N2O5/c1-10-6-14(11(2)21(10)9-17(18,19)20)15(23)8-27-16(24)12-4-3-5-13(7-12)22(25)26/h3-7H,8-9H2,1-2H3. The Bertz CT molecular complexity index is 902. The summed E-state index contributed by atoms with van der Waals surface area (Å²) in [6.45, 7) is 0.877. The Balaban J connectivity index is 2.10. The van der Waals surface area contributed by atoms with Crippen molar-refractivity contribution >= 4 is 17.4 Å². The molecule has 144 valence electrons. The van der Waals surface area contributed by atoms with Crippen LogP contribution < -0.4 is 0 Å². The van der Waals surface area contributed by atoms with Gasteiger partial charge in [0.2, 0.25) is 5.78 Å². The van der Waals surface area contributed by atoms with Gasteiger partial charge in [-0.05, 0) is 26.0 Å². The lowest BCUT2D eigenvalue weighted by Gasteiger charge is -2.12. The average molecular weight is 384 g/mol. The van der Waals surface area contributed by atoms with Gasteiger partial charge in [-0.3, -0.25) is 14.9 Å². The van der Waals surface area contributed by atoms with Gasteiger partial charge in [0.1, 0.15) is 6.54 Å². The first kappa shape index (κ1) is 20.1. The molecule has 10 heteroatoms. The van der Waals surface area contributed by atoms with Crippen LogP contribution in [-0.4, -0.2) is 34.0 Å². The molecule has 27 heavy (non-hydrogen) atoms. The van der Waals surface area contributed by atoms with Crippen LogP contribution in [0.15, 0.2) is 30.3 Å². The number of carbonyl (C=O) groups excluding carboxylic acids is 2. The monoisotopic (exact) mass is 384 g/mol. The van der Waals surface area contributed by atoms with Gasteiger partial charge in [-0.2, -0.15) is 13.2 Å². The number of nitro groups is 1. The van der Waals surface area contributed by atoms with Crippen LogP contribution in [0.3, 0.4) is 0 Å². The molecule has 0 atom stereocenters. The van der Waals surface area contributed by atoms with E-state index in [1.54, 1.807) is 0 Å². The molecule has 0 radical (unpaired) electrons. The van der Waals surface area contributed by atoms with Crippen LogP contribution in [0.2, 0.25) is 0 Å². The van der Waals surface area contributed by atoms with Crippen molar-refractivity contribution in [2.24, 2.45) is 0 Å². The maximum atomic E-state index is 12.6. The zero-order valence-electron chi connectivity index (χ0n) is 14.4. The Morgan fingerprint density at radius 1 is 1.22 bits per heavy atom. The number of nitro benzene ring substituents is 1. The molecule has 0 bridgehead atoms. The van der Waals surface area contributed by atoms with Crippen LogP contribution >= 0.6 is 0 Å². The number of non-ortho nitro benzene ring substituents is 1. The molecule has 0 fully saturated rings. The van der Waals surface area contributed by atoms with Crippen molar-refractivity contribution in [1.82, 2.24) is 4.57 Å². The summed E-state index contributed by atoms with van der Waals surface area (Å²) in [5, 5.41) is 10.7.